The molecule has 0 aromatic carbocycles. The van der Waals surface area contributed by atoms with E-state index in [1.165, 1.54) is 11.3 Å². The summed E-state index contributed by atoms with van der Waals surface area (Å²) in [7, 11) is 0. The smallest absolute Gasteiger partial charge is 0.261 e. The van der Waals surface area contributed by atoms with Crippen molar-refractivity contribution in [1.82, 2.24) is 10.6 Å². The molecule has 1 rings (SSSR count). The van der Waals surface area contributed by atoms with E-state index in [9.17, 15) is 9.59 Å². The molecular formula is C14H23N3O2S. The first-order valence-electron chi connectivity index (χ1n) is 6.91. The Kier molecular flexibility index (Phi) is 7.25. The quantitative estimate of drug-likeness (QED) is 0.633. The second kappa shape index (κ2) is 8.71. The third-order valence-electron chi connectivity index (χ3n) is 3.24. The lowest BCUT2D eigenvalue weighted by atomic mass is 9.99. The molecule has 112 valence electrons. The first-order valence-corrected chi connectivity index (χ1v) is 7.79. The maximum Gasteiger partial charge on any atom is 0.261 e. The van der Waals surface area contributed by atoms with Gasteiger partial charge in [-0.1, -0.05) is 26.3 Å². The Morgan fingerprint density at radius 1 is 1.35 bits per heavy atom. The van der Waals surface area contributed by atoms with Crippen molar-refractivity contribution < 1.29 is 9.59 Å². The second-order valence-corrected chi connectivity index (χ2v) is 5.74. The summed E-state index contributed by atoms with van der Waals surface area (Å²) in [6, 6.07) is 3.17. The van der Waals surface area contributed by atoms with Crippen LogP contribution in [0.15, 0.2) is 17.5 Å². The van der Waals surface area contributed by atoms with Gasteiger partial charge in [0.25, 0.3) is 5.91 Å². The van der Waals surface area contributed by atoms with Gasteiger partial charge >= 0.3 is 0 Å². The molecule has 6 heteroatoms. The molecule has 0 fully saturated rings. The van der Waals surface area contributed by atoms with Crippen molar-refractivity contribution in [3.05, 3.63) is 22.4 Å². The average Bonchev–Trinajstić information content (AvgIpc) is 2.99. The largest absolute Gasteiger partial charge is 0.355 e. The van der Waals surface area contributed by atoms with Crippen molar-refractivity contribution >= 4 is 23.2 Å². The Morgan fingerprint density at radius 2 is 2.05 bits per heavy atom. The molecule has 5 nitrogen and oxygen atoms in total. The predicted molar refractivity (Wildman–Crippen MR) is 81.7 cm³/mol. The first kappa shape index (κ1) is 16.7. The second-order valence-electron chi connectivity index (χ2n) is 4.79. The lowest BCUT2D eigenvalue weighted by molar-refractivity contribution is -0.123. The Bertz CT molecular complexity index is 420. The van der Waals surface area contributed by atoms with Crippen LogP contribution in [0, 0.1) is 5.92 Å². The molecule has 1 aromatic rings. The van der Waals surface area contributed by atoms with Crippen molar-refractivity contribution in [1.29, 1.82) is 0 Å². The fourth-order valence-corrected chi connectivity index (χ4v) is 2.27. The highest BCUT2D eigenvalue weighted by Crippen LogP contribution is 2.07. The van der Waals surface area contributed by atoms with Crippen LogP contribution in [-0.4, -0.2) is 30.9 Å². The third-order valence-corrected chi connectivity index (χ3v) is 4.11. The number of hydrogen-bond acceptors (Lipinski definition) is 4. The maximum atomic E-state index is 11.7. The zero-order valence-electron chi connectivity index (χ0n) is 12.0. The van der Waals surface area contributed by atoms with Gasteiger partial charge in [-0.3, -0.25) is 9.59 Å². The van der Waals surface area contributed by atoms with Gasteiger partial charge in [-0.05, 0) is 23.8 Å². The van der Waals surface area contributed by atoms with Crippen LogP contribution in [0.25, 0.3) is 0 Å². The number of amides is 2. The molecule has 1 heterocycles. The molecule has 0 saturated carbocycles. The van der Waals surface area contributed by atoms with E-state index in [-0.39, 0.29) is 17.7 Å². The number of carbonyl (C=O) groups excluding carboxylic acids is 2. The summed E-state index contributed by atoms with van der Waals surface area (Å²) >= 11 is 1.41. The number of thiophene rings is 1. The monoisotopic (exact) mass is 297 g/mol. The van der Waals surface area contributed by atoms with E-state index in [0.717, 1.165) is 6.42 Å². The summed E-state index contributed by atoms with van der Waals surface area (Å²) in [6.45, 7) is 5.03. The Hall–Kier alpha value is -1.40. The SMILES string of the molecule is CCC(C)C(N)C(=O)NCCCNC(=O)c1cccs1. The highest BCUT2D eigenvalue weighted by atomic mass is 32.1. The zero-order chi connectivity index (χ0) is 15.0. The summed E-state index contributed by atoms with van der Waals surface area (Å²) in [5.74, 6) is -0.0138. The molecule has 2 amide bonds. The van der Waals surface area contributed by atoms with Crippen molar-refractivity contribution in [3.8, 4) is 0 Å². The van der Waals surface area contributed by atoms with Gasteiger partial charge in [0.2, 0.25) is 5.91 Å². The average molecular weight is 297 g/mol. The summed E-state index contributed by atoms with van der Waals surface area (Å²) in [5.41, 5.74) is 5.82. The van der Waals surface area contributed by atoms with E-state index in [1.807, 2.05) is 25.3 Å². The fraction of sp³-hybridized carbons (Fsp3) is 0.571. The minimum atomic E-state index is -0.458. The van der Waals surface area contributed by atoms with Crippen LogP contribution in [-0.2, 0) is 4.79 Å². The molecular weight excluding hydrogens is 274 g/mol. The Balaban J connectivity index is 2.13. The topological polar surface area (TPSA) is 84.2 Å². The minimum Gasteiger partial charge on any atom is -0.355 e. The van der Waals surface area contributed by atoms with E-state index in [1.54, 1.807) is 6.07 Å². The molecule has 0 aliphatic carbocycles. The van der Waals surface area contributed by atoms with Gasteiger partial charge < -0.3 is 16.4 Å². The van der Waals surface area contributed by atoms with Crippen molar-refractivity contribution in [2.45, 2.75) is 32.7 Å². The van der Waals surface area contributed by atoms with E-state index >= 15 is 0 Å². The summed E-state index contributed by atoms with van der Waals surface area (Å²) in [6.07, 6.45) is 1.57. The van der Waals surface area contributed by atoms with Crippen molar-refractivity contribution in [2.24, 2.45) is 11.7 Å². The van der Waals surface area contributed by atoms with Gasteiger partial charge in [0.15, 0.2) is 0 Å². The summed E-state index contributed by atoms with van der Waals surface area (Å²) < 4.78 is 0. The van der Waals surface area contributed by atoms with Crippen LogP contribution < -0.4 is 16.4 Å². The lowest BCUT2D eigenvalue weighted by Gasteiger charge is -2.17. The van der Waals surface area contributed by atoms with Crippen molar-refractivity contribution in [2.75, 3.05) is 13.1 Å². The molecule has 0 spiro atoms. The van der Waals surface area contributed by atoms with E-state index in [4.69, 9.17) is 5.73 Å². The maximum absolute atomic E-state index is 11.7. The van der Waals surface area contributed by atoms with Gasteiger partial charge in [0.05, 0.1) is 10.9 Å². The normalized spacial score (nSPS) is 13.6. The Labute approximate surface area is 123 Å². The third kappa shape index (κ3) is 5.30. The van der Waals surface area contributed by atoms with E-state index in [2.05, 4.69) is 10.6 Å². The lowest BCUT2D eigenvalue weighted by Crippen LogP contribution is -2.45. The molecule has 4 N–H and O–H groups in total. The van der Waals surface area contributed by atoms with Crippen LogP contribution in [0.5, 0.6) is 0 Å². The van der Waals surface area contributed by atoms with Crippen LogP contribution in [0.2, 0.25) is 0 Å². The molecule has 2 unspecified atom stereocenters. The number of hydrogen-bond donors (Lipinski definition) is 3. The molecule has 2 atom stereocenters. The van der Waals surface area contributed by atoms with Gasteiger partial charge in [0, 0.05) is 13.1 Å². The molecule has 0 radical (unpaired) electrons. The number of rotatable bonds is 8. The zero-order valence-corrected chi connectivity index (χ0v) is 12.8. The highest BCUT2D eigenvalue weighted by Gasteiger charge is 2.18. The fourth-order valence-electron chi connectivity index (χ4n) is 1.63. The van der Waals surface area contributed by atoms with E-state index in [0.29, 0.717) is 24.4 Å². The molecule has 0 aliphatic heterocycles. The first-order chi connectivity index (χ1) is 9.56. The molecule has 20 heavy (non-hydrogen) atoms. The van der Waals surface area contributed by atoms with Gasteiger partial charge in [-0.2, -0.15) is 0 Å². The minimum absolute atomic E-state index is 0.0670. The van der Waals surface area contributed by atoms with Crippen LogP contribution >= 0.6 is 11.3 Å². The number of nitrogens with two attached hydrogens (primary N) is 1. The van der Waals surface area contributed by atoms with Gasteiger partial charge in [-0.25, -0.2) is 0 Å². The van der Waals surface area contributed by atoms with Crippen LogP contribution in [0.1, 0.15) is 36.4 Å². The Morgan fingerprint density at radius 3 is 2.65 bits per heavy atom. The molecule has 0 bridgehead atoms. The van der Waals surface area contributed by atoms with E-state index < -0.39 is 6.04 Å². The molecule has 0 aliphatic rings. The molecule has 0 saturated heterocycles. The van der Waals surface area contributed by atoms with Crippen LogP contribution in [0.4, 0.5) is 0 Å². The van der Waals surface area contributed by atoms with Crippen molar-refractivity contribution in [3.63, 3.8) is 0 Å². The van der Waals surface area contributed by atoms with Gasteiger partial charge in [0.1, 0.15) is 0 Å². The highest BCUT2D eigenvalue weighted by molar-refractivity contribution is 7.12. The molecule has 1 aromatic heterocycles. The number of carbonyl (C=O) groups is 2. The standard InChI is InChI=1S/C14H23N3O2S/c1-3-10(2)12(15)14(19)17-8-5-7-16-13(18)11-6-4-9-20-11/h4,6,9-10,12H,3,5,7-8,15H2,1-2H3,(H,16,18)(H,17,19). The van der Waals surface area contributed by atoms with Crippen LogP contribution in [0.3, 0.4) is 0 Å². The predicted octanol–water partition coefficient (Wildman–Crippen LogP) is 1.36. The van der Waals surface area contributed by atoms with Gasteiger partial charge in [-0.15, -0.1) is 11.3 Å². The summed E-state index contributed by atoms with van der Waals surface area (Å²) in [5, 5.41) is 7.47. The summed E-state index contributed by atoms with van der Waals surface area (Å²) in [4.78, 5) is 24.0. The number of nitrogens with one attached hydrogen (secondary N) is 2.